The summed E-state index contributed by atoms with van der Waals surface area (Å²) >= 11 is 5.77. The van der Waals surface area contributed by atoms with Crippen LogP contribution < -0.4 is 0 Å². The van der Waals surface area contributed by atoms with Gasteiger partial charge in [0.2, 0.25) is 15.9 Å². The van der Waals surface area contributed by atoms with Crippen molar-refractivity contribution in [2.24, 2.45) is 0 Å². The molecule has 0 spiro atoms. The zero-order valence-electron chi connectivity index (χ0n) is 14.7. The number of benzene rings is 2. The van der Waals surface area contributed by atoms with Crippen LogP contribution in [-0.2, 0) is 14.8 Å². The Labute approximate surface area is 158 Å². The number of nitrogens with zero attached hydrogens (tertiary/aromatic N) is 2. The average molecular weight is 399 g/mol. The minimum Gasteiger partial charge on any atom is -0.338 e. The molecule has 5 nitrogen and oxygen atoms in total. The number of carbonyl (C=O) groups is 1. The molecule has 0 saturated heterocycles. The summed E-state index contributed by atoms with van der Waals surface area (Å²) in [6, 6.07) is 11.3. The van der Waals surface area contributed by atoms with E-state index in [0.29, 0.717) is 10.6 Å². The lowest BCUT2D eigenvalue weighted by atomic mass is 10.1. The maximum Gasteiger partial charge on any atom is 0.243 e. The topological polar surface area (TPSA) is 57.7 Å². The van der Waals surface area contributed by atoms with Crippen LogP contribution >= 0.6 is 11.6 Å². The fourth-order valence-electron chi connectivity index (χ4n) is 2.41. The lowest BCUT2D eigenvalue weighted by Crippen LogP contribution is -2.40. The molecule has 0 fully saturated rings. The van der Waals surface area contributed by atoms with Crippen LogP contribution in [0.15, 0.2) is 53.4 Å². The molecular formula is C18H20ClFN2O3S. The van der Waals surface area contributed by atoms with Crippen LogP contribution in [0.25, 0.3) is 0 Å². The summed E-state index contributed by atoms with van der Waals surface area (Å²) in [7, 11) is -0.991. The van der Waals surface area contributed by atoms with Gasteiger partial charge in [-0.3, -0.25) is 4.79 Å². The predicted octanol–water partition coefficient (Wildman–Crippen LogP) is 3.32. The Morgan fingerprint density at radius 3 is 2.27 bits per heavy atom. The molecule has 2 rings (SSSR count). The van der Waals surface area contributed by atoms with Crippen molar-refractivity contribution in [2.75, 3.05) is 20.6 Å². The van der Waals surface area contributed by atoms with Gasteiger partial charge in [-0.1, -0.05) is 29.8 Å². The van der Waals surface area contributed by atoms with Crippen molar-refractivity contribution in [2.45, 2.75) is 17.9 Å². The van der Waals surface area contributed by atoms with E-state index in [9.17, 15) is 17.6 Å². The molecule has 0 aliphatic rings. The van der Waals surface area contributed by atoms with Crippen molar-refractivity contribution in [3.63, 3.8) is 0 Å². The first-order chi connectivity index (χ1) is 12.1. The summed E-state index contributed by atoms with van der Waals surface area (Å²) in [5.41, 5.74) is 0.367. The molecular weight excluding hydrogens is 379 g/mol. The summed E-state index contributed by atoms with van der Waals surface area (Å²) in [5, 5.41) is 0.418. The van der Waals surface area contributed by atoms with Crippen molar-refractivity contribution < 1.29 is 17.6 Å². The summed E-state index contributed by atoms with van der Waals surface area (Å²) in [6.07, 6.45) is 0. The number of amides is 1. The van der Waals surface area contributed by atoms with Gasteiger partial charge in [0, 0.05) is 24.7 Å². The number of rotatable bonds is 6. The van der Waals surface area contributed by atoms with Crippen LogP contribution in [0.5, 0.6) is 0 Å². The molecule has 1 unspecified atom stereocenters. The molecule has 140 valence electrons. The van der Waals surface area contributed by atoms with Gasteiger partial charge in [-0.2, -0.15) is 4.31 Å². The molecule has 1 atom stereocenters. The Bertz CT molecular complexity index is 888. The molecule has 1 amide bonds. The summed E-state index contributed by atoms with van der Waals surface area (Å²) in [6.45, 7) is 1.32. The summed E-state index contributed by atoms with van der Waals surface area (Å²) in [5.74, 6) is -0.859. The van der Waals surface area contributed by atoms with E-state index in [-0.39, 0.29) is 11.4 Å². The van der Waals surface area contributed by atoms with E-state index >= 15 is 0 Å². The van der Waals surface area contributed by atoms with E-state index < -0.39 is 27.8 Å². The molecule has 0 aliphatic carbocycles. The van der Waals surface area contributed by atoms with Gasteiger partial charge in [0.25, 0.3) is 0 Å². The number of halogens is 2. The van der Waals surface area contributed by atoms with E-state index in [1.165, 1.54) is 49.3 Å². The first-order valence-corrected chi connectivity index (χ1v) is 9.68. The Balaban J connectivity index is 2.13. The second-order valence-electron chi connectivity index (χ2n) is 5.92. The summed E-state index contributed by atoms with van der Waals surface area (Å²) in [4.78, 5) is 13.9. The Hall–Kier alpha value is -1.96. The molecule has 8 heteroatoms. The van der Waals surface area contributed by atoms with Crippen LogP contribution in [-0.4, -0.2) is 44.2 Å². The highest BCUT2D eigenvalue weighted by Crippen LogP contribution is 2.22. The highest BCUT2D eigenvalue weighted by molar-refractivity contribution is 7.89. The van der Waals surface area contributed by atoms with Gasteiger partial charge < -0.3 is 4.90 Å². The Morgan fingerprint density at radius 2 is 1.69 bits per heavy atom. The van der Waals surface area contributed by atoms with Gasteiger partial charge in [0.15, 0.2) is 0 Å². The monoisotopic (exact) mass is 398 g/mol. The molecule has 0 aromatic heterocycles. The van der Waals surface area contributed by atoms with Gasteiger partial charge >= 0.3 is 0 Å². The maximum absolute atomic E-state index is 13.9. The number of carbonyl (C=O) groups excluding carboxylic acids is 1. The molecule has 0 bridgehead atoms. The number of sulfonamides is 1. The second kappa shape index (κ2) is 8.16. The Morgan fingerprint density at radius 1 is 1.12 bits per heavy atom. The molecule has 26 heavy (non-hydrogen) atoms. The molecule has 2 aromatic rings. The average Bonchev–Trinajstić information content (AvgIpc) is 2.61. The molecule has 0 aliphatic heterocycles. The molecule has 0 saturated carbocycles. The first kappa shape index (κ1) is 20.4. The van der Waals surface area contributed by atoms with E-state index in [1.54, 1.807) is 25.1 Å². The van der Waals surface area contributed by atoms with E-state index in [2.05, 4.69) is 0 Å². The molecule has 2 aromatic carbocycles. The highest BCUT2D eigenvalue weighted by Gasteiger charge is 2.26. The van der Waals surface area contributed by atoms with Gasteiger partial charge in [-0.15, -0.1) is 0 Å². The molecule has 0 heterocycles. The lowest BCUT2D eigenvalue weighted by Gasteiger charge is -2.27. The minimum absolute atomic E-state index is 0.0435. The van der Waals surface area contributed by atoms with Crippen LogP contribution in [0.3, 0.4) is 0 Å². The van der Waals surface area contributed by atoms with Crippen molar-refractivity contribution in [3.8, 4) is 0 Å². The standard InChI is InChI=1S/C18H20ClFN2O3S/c1-13(16-6-4-5-7-17(16)20)22(3)18(23)12-21(2)26(24,25)15-10-8-14(19)9-11-15/h4-11,13H,12H2,1-3H3. The smallest absolute Gasteiger partial charge is 0.243 e. The van der Waals surface area contributed by atoms with Crippen molar-refractivity contribution in [3.05, 3.63) is 64.9 Å². The van der Waals surface area contributed by atoms with Gasteiger partial charge in [-0.05, 0) is 37.3 Å². The molecule has 0 radical (unpaired) electrons. The van der Waals surface area contributed by atoms with Crippen LogP contribution in [0.1, 0.15) is 18.5 Å². The van der Waals surface area contributed by atoms with Crippen LogP contribution in [0.2, 0.25) is 5.02 Å². The van der Waals surface area contributed by atoms with E-state index in [0.717, 1.165) is 4.31 Å². The van der Waals surface area contributed by atoms with E-state index in [1.807, 2.05) is 0 Å². The number of hydrogen-bond donors (Lipinski definition) is 0. The highest BCUT2D eigenvalue weighted by atomic mass is 35.5. The second-order valence-corrected chi connectivity index (χ2v) is 8.40. The zero-order chi connectivity index (χ0) is 19.5. The number of hydrogen-bond acceptors (Lipinski definition) is 3. The quantitative estimate of drug-likeness (QED) is 0.750. The number of likely N-dealkylation sites (N-methyl/N-ethyl adjacent to an activating group) is 2. The fraction of sp³-hybridized carbons (Fsp3) is 0.278. The summed E-state index contributed by atoms with van der Waals surface area (Å²) < 4.78 is 40.0. The maximum atomic E-state index is 13.9. The van der Waals surface area contributed by atoms with Gasteiger partial charge in [0.05, 0.1) is 17.5 Å². The van der Waals surface area contributed by atoms with E-state index in [4.69, 9.17) is 11.6 Å². The lowest BCUT2D eigenvalue weighted by molar-refractivity contribution is -0.131. The SMILES string of the molecule is CC(c1ccccc1F)N(C)C(=O)CN(C)S(=O)(=O)c1ccc(Cl)cc1. The van der Waals surface area contributed by atoms with Crippen LogP contribution in [0.4, 0.5) is 4.39 Å². The predicted molar refractivity (Wildman–Crippen MR) is 98.9 cm³/mol. The minimum atomic E-state index is -3.83. The normalized spacial score (nSPS) is 12.8. The Kier molecular flexibility index (Phi) is 6.39. The zero-order valence-corrected chi connectivity index (χ0v) is 16.3. The molecule has 0 N–H and O–H groups in total. The van der Waals surface area contributed by atoms with Crippen LogP contribution in [0, 0.1) is 5.82 Å². The third-order valence-corrected chi connectivity index (χ3v) is 6.28. The fourth-order valence-corrected chi connectivity index (χ4v) is 3.66. The van der Waals surface area contributed by atoms with Crippen molar-refractivity contribution in [1.82, 2.24) is 9.21 Å². The largest absolute Gasteiger partial charge is 0.338 e. The van der Waals surface area contributed by atoms with Crippen molar-refractivity contribution in [1.29, 1.82) is 0 Å². The third-order valence-electron chi connectivity index (χ3n) is 4.21. The van der Waals surface area contributed by atoms with Gasteiger partial charge in [-0.25, -0.2) is 12.8 Å². The van der Waals surface area contributed by atoms with Gasteiger partial charge in [0.1, 0.15) is 5.82 Å². The third kappa shape index (κ3) is 4.41. The van der Waals surface area contributed by atoms with Crippen molar-refractivity contribution >= 4 is 27.5 Å². The first-order valence-electron chi connectivity index (χ1n) is 7.86.